The Balaban J connectivity index is 1.97. The topological polar surface area (TPSA) is 21.6 Å². The first-order chi connectivity index (χ1) is 8.79. The van der Waals surface area contributed by atoms with E-state index in [9.17, 15) is 0 Å². The van der Waals surface area contributed by atoms with Crippen LogP contribution >= 0.6 is 0 Å². The van der Waals surface area contributed by atoms with Crippen LogP contribution in [-0.4, -0.2) is 27.2 Å². The second-order valence-electron chi connectivity index (χ2n) is 6.91. The van der Waals surface area contributed by atoms with E-state index in [1.165, 1.54) is 11.1 Å². The van der Waals surface area contributed by atoms with E-state index in [0.717, 1.165) is 13.0 Å². The smallest absolute Gasteiger partial charge is 0.192 e. The van der Waals surface area contributed by atoms with Crippen LogP contribution in [0.2, 0.25) is 18.1 Å². The summed E-state index contributed by atoms with van der Waals surface area (Å²) < 4.78 is 6.27. The van der Waals surface area contributed by atoms with Crippen LogP contribution in [0.5, 0.6) is 0 Å². The van der Waals surface area contributed by atoms with E-state index in [-0.39, 0.29) is 11.1 Å². The number of nitrogens with zero attached hydrogens (tertiary/aromatic N) is 1. The van der Waals surface area contributed by atoms with Gasteiger partial charge in [-0.2, -0.15) is 0 Å². The van der Waals surface area contributed by atoms with Crippen molar-refractivity contribution in [2.45, 2.75) is 51.4 Å². The van der Waals surface area contributed by atoms with Gasteiger partial charge in [-0.05, 0) is 35.7 Å². The lowest BCUT2D eigenvalue weighted by atomic mass is 9.99. The molecule has 1 aromatic rings. The van der Waals surface area contributed by atoms with Gasteiger partial charge in [0.05, 0.1) is 12.6 Å². The van der Waals surface area contributed by atoms with Crippen molar-refractivity contribution in [3.8, 4) is 0 Å². The molecule has 1 aliphatic rings. The molecule has 19 heavy (non-hydrogen) atoms. The number of rotatable bonds is 3. The average molecular weight is 275 g/mol. The van der Waals surface area contributed by atoms with Crippen LogP contribution in [0, 0.1) is 0 Å². The van der Waals surface area contributed by atoms with Crippen molar-refractivity contribution in [1.29, 1.82) is 0 Å². The van der Waals surface area contributed by atoms with Crippen molar-refractivity contribution >= 4 is 14.5 Å². The third-order valence-corrected chi connectivity index (χ3v) is 8.88. The minimum atomic E-state index is -1.65. The van der Waals surface area contributed by atoms with Gasteiger partial charge in [0.1, 0.15) is 0 Å². The SMILES string of the molecule is CC(C)(C)[Si](C)(C)OCC1Cc2ccccc2C=N1. The molecular formula is C16H25NOSi. The first-order valence-electron chi connectivity index (χ1n) is 7.05. The predicted molar refractivity (Wildman–Crippen MR) is 84.7 cm³/mol. The summed E-state index contributed by atoms with van der Waals surface area (Å²) in [4.78, 5) is 4.63. The van der Waals surface area contributed by atoms with Crippen molar-refractivity contribution in [2.75, 3.05) is 6.61 Å². The number of aliphatic imine (C=N–C) groups is 1. The third-order valence-electron chi connectivity index (χ3n) is 4.38. The van der Waals surface area contributed by atoms with E-state index in [4.69, 9.17) is 4.43 Å². The van der Waals surface area contributed by atoms with Crippen LogP contribution in [-0.2, 0) is 10.8 Å². The molecular weight excluding hydrogens is 250 g/mol. The Labute approximate surface area is 118 Å². The molecule has 0 saturated heterocycles. The van der Waals surface area contributed by atoms with Gasteiger partial charge in [0, 0.05) is 6.21 Å². The largest absolute Gasteiger partial charge is 0.415 e. The van der Waals surface area contributed by atoms with Crippen molar-refractivity contribution < 1.29 is 4.43 Å². The normalized spacial score (nSPS) is 19.3. The predicted octanol–water partition coefficient (Wildman–Crippen LogP) is 4.05. The van der Waals surface area contributed by atoms with Gasteiger partial charge in [0.25, 0.3) is 0 Å². The van der Waals surface area contributed by atoms with Gasteiger partial charge in [0.2, 0.25) is 0 Å². The highest BCUT2D eigenvalue weighted by Crippen LogP contribution is 2.36. The Bertz CT molecular complexity index is 474. The summed E-state index contributed by atoms with van der Waals surface area (Å²) in [5.41, 5.74) is 2.65. The molecule has 1 heterocycles. The first kappa shape index (κ1) is 14.5. The summed E-state index contributed by atoms with van der Waals surface area (Å²) in [6.07, 6.45) is 3.00. The van der Waals surface area contributed by atoms with Crippen molar-refractivity contribution in [3.63, 3.8) is 0 Å². The summed E-state index contributed by atoms with van der Waals surface area (Å²) in [6.45, 7) is 12.2. The van der Waals surface area contributed by atoms with Gasteiger partial charge in [-0.3, -0.25) is 4.99 Å². The highest BCUT2D eigenvalue weighted by molar-refractivity contribution is 6.74. The molecule has 1 aromatic carbocycles. The number of benzene rings is 1. The minimum Gasteiger partial charge on any atom is -0.415 e. The monoisotopic (exact) mass is 275 g/mol. The molecule has 104 valence electrons. The zero-order chi connectivity index (χ0) is 14.1. The molecule has 0 aliphatic carbocycles. The van der Waals surface area contributed by atoms with E-state index in [0.29, 0.717) is 0 Å². The quantitative estimate of drug-likeness (QED) is 0.763. The van der Waals surface area contributed by atoms with Gasteiger partial charge < -0.3 is 4.43 Å². The Morgan fingerprint density at radius 3 is 2.63 bits per heavy atom. The molecule has 0 amide bonds. The van der Waals surface area contributed by atoms with Crippen molar-refractivity contribution in [2.24, 2.45) is 4.99 Å². The zero-order valence-corrected chi connectivity index (χ0v) is 13.7. The standard InChI is InChI=1S/C16H25NOSi/c1-16(2,3)19(4,5)18-12-15-10-13-8-6-7-9-14(13)11-17-15/h6-9,11,15H,10,12H2,1-5H3. The Hall–Kier alpha value is -0.933. The maximum absolute atomic E-state index is 6.27. The molecule has 1 aliphatic heterocycles. The lowest BCUT2D eigenvalue weighted by Gasteiger charge is -2.37. The number of hydrogen-bond acceptors (Lipinski definition) is 2. The van der Waals surface area contributed by atoms with Crippen LogP contribution in [0.4, 0.5) is 0 Å². The van der Waals surface area contributed by atoms with Crippen molar-refractivity contribution in [1.82, 2.24) is 0 Å². The van der Waals surface area contributed by atoms with E-state index < -0.39 is 8.32 Å². The summed E-state index contributed by atoms with van der Waals surface area (Å²) in [5, 5.41) is 0.267. The summed E-state index contributed by atoms with van der Waals surface area (Å²) in [5.74, 6) is 0. The molecule has 2 nitrogen and oxygen atoms in total. The zero-order valence-electron chi connectivity index (χ0n) is 12.7. The van der Waals surface area contributed by atoms with Gasteiger partial charge >= 0.3 is 0 Å². The second-order valence-corrected chi connectivity index (χ2v) is 11.7. The molecule has 0 aromatic heterocycles. The van der Waals surface area contributed by atoms with Gasteiger partial charge in [-0.1, -0.05) is 45.0 Å². The van der Waals surface area contributed by atoms with E-state index in [2.05, 4.69) is 63.1 Å². The highest BCUT2D eigenvalue weighted by Gasteiger charge is 2.37. The molecule has 0 N–H and O–H groups in total. The number of fused-ring (bicyclic) bond motifs is 1. The lowest BCUT2D eigenvalue weighted by molar-refractivity contribution is 0.262. The van der Waals surface area contributed by atoms with E-state index in [1.807, 2.05) is 6.21 Å². The lowest BCUT2D eigenvalue weighted by Crippen LogP contribution is -2.42. The summed E-state index contributed by atoms with van der Waals surface area (Å²) >= 11 is 0. The average Bonchev–Trinajstić information content (AvgIpc) is 2.35. The molecule has 2 rings (SSSR count). The van der Waals surface area contributed by atoms with Gasteiger partial charge in [0.15, 0.2) is 8.32 Å². The van der Waals surface area contributed by atoms with Gasteiger partial charge in [-0.25, -0.2) is 0 Å². The van der Waals surface area contributed by atoms with Crippen molar-refractivity contribution in [3.05, 3.63) is 35.4 Å². The third kappa shape index (κ3) is 3.34. The molecule has 0 saturated carbocycles. The fourth-order valence-corrected chi connectivity index (χ4v) is 3.00. The Morgan fingerprint density at radius 2 is 1.95 bits per heavy atom. The van der Waals surface area contributed by atoms with Crippen LogP contribution < -0.4 is 0 Å². The second kappa shape index (κ2) is 5.21. The molecule has 1 unspecified atom stereocenters. The summed E-state index contributed by atoms with van der Waals surface area (Å²) in [7, 11) is -1.65. The first-order valence-corrected chi connectivity index (χ1v) is 9.95. The minimum absolute atomic E-state index is 0.267. The fourth-order valence-electron chi connectivity index (χ4n) is 1.96. The van der Waals surface area contributed by atoms with Crippen LogP contribution in [0.3, 0.4) is 0 Å². The van der Waals surface area contributed by atoms with Crippen LogP contribution in [0.15, 0.2) is 29.3 Å². The maximum atomic E-state index is 6.27. The molecule has 3 heteroatoms. The molecule has 0 spiro atoms. The van der Waals surface area contributed by atoms with Crippen LogP contribution in [0.1, 0.15) is 31.9 Å². The molecule has 0 fully saturated rings. The Morgan fingerprint density at radius 1 is 1.26 bits per heavy atom. The maximum Gasteiger partial charge on any atom is 0.192 e. The molecule has 0 radical (unpaired) electrons. The highest BCUT2D eigenvalue weighted by atomic mass is 28.4. The fraction of sp³-hybridized carbons (Fsp3) is 0.562. The molecule has 1 atom stereocenters. The number of hydrogen-bond donors (Lipinski definition) is 0. The summed E-state index contributed by atoms with van der Waals surface area (Å²) in [6, 6.07) is 8.77. The van der Waals surface area contributed by atoms with E-state index in [1.54, 1.807) is 0 Å². The Kier molecular flexibility index (Phi) is 3.97. The molecule has 0 bridgehead atoms. The van der Waals surface area contributed by atoms with Gasteiger partial charge in [-0.15, -0.1) is 0 Å². The van der Waals surface area contributed by atoms with Crippen LogP contribution in [0.25, 0.3) is 0 Å². The van der Waals surface area contributed by atoms with E-state index >= 15 is 0 Å².